The smallest absolute Gasteiger partial charge is 0.120 e. The van der Waals surface area contributed by atoms with Gasteiger partial charge in [0.2, 0.25) is 0 Å². The van der Waals surface area contributed by atoms with Crippen molar-refractivity contribution < 1.29 is 28.4 Å². The standard InChI is InChI=1S/C78H90O6/c1-7-13-19-25-31-79-49-37-55-57-39-50(80-32-26-20-14-8-2)41-59-61-43-52(82-34-28-22-16-10-4)45-63-65-47-54(84-36-30-24-18-12-6)48-66-64-46-53(83-35-29-23-17-11-5)44-62-60-42-51(81-33-27-21-15-9-3)40-58-56(38-49)67(55)73-74(68(57)59)76(70(61)63)78(72(65)66)77(71(62)64)75(73)69(58)60/h37-48H,7-36H2,1-6H3. The van der Waals surface area contributed by atoms with Crippen molar-refractivity contribution in [2.45, 2.75) is 196 Å². The largest absolute Gasteiger partial charge is 0.494 e. The summed E-state index contributed by atoms with van der Waals surface area (Å²) in [4.78, 5) is 0. The fraction of sp³-hybridized carbons (Fsp3) is 0.462. The summed E-state index contributed by atoms with van der Waals surface area (Å²) in [7, 11) is 0. The van der Waals surface area contributed by atoms with Gasteiger partial charge >= 0.3 is 0 Å². The van der Waals surface area contributed by atoms with Crippen LogP contribution in [0, 0.1) is 0 Å². The maximum atomic E-state index is 7.00. The van der Waals surface area contributed by atoms with Gasteiger partial charge in [0.15, 0.2) is 0 Å². The lowest BCUT2D eigenvalue weighted by atomic mass is 9.73. The summed E-state index contributed by atoms with van der Waals surface area (Å²) in [6.45, 7) is 17.8. The molecule has 0 heterocycles. The molecule has 0 fully saturated rings. The van der Waals surface area contributed by atoms with E-state index in [1.54, 1.807) is 0 Å². The summed E-state index contributed by atoms with van der Waals surface area (Å²) in [5.41, 5.74) is 0. The second-order valence-corrected chi connectivity index (χ2v) is 25.1. The van der Waals surface area contributed by atoms with E-state index in [2.05, 4.69) is 114 Å². The minimum Gasteiger partial charge on any atom is -0.494 e. The molecule has 0 spiro atoms. The van der Waals surface area contributed by atoms with Crippen LogP contribution in [0.5, 0.6) is 34.5 Å². The van der Waals surface area contributed by atoms with Gasteiger partial charge < -0.3 is 28.4 Å². The number of fused-ring (bicyclic) bond motifs is 6. The fourth-order valence-electron chi connectivity index (χ4n) is 14.9. The second-order valence-electron chi connectivity index (χ2n) is 25.1. The van der Waals surface area contributed by atoms with Gasteiger partial charge in [0.05, 0.1) is 39.6 Å². The molecule has 6 heteroatoms. The van der Waals surface area contributed by atoms with E-state index in [1.165, 1.54) is 206 Å². The SMILES string of the molecule is CCCCCCOc1cc2c3cc(OCCCCCC)cc4c5cc(OCCCCCC)cc6c7cc(OCCCCCC)cc8c9cc(OCCCCCC)cc%10c%11cc(OCCCCCC)cc%12c(c1)c2c1c(c34)c(c56)c(c78)c(c%109)c1c%12%11. The maximum absolute atomic E-state index is 7.00. The predicted molar refractivity (Wildman–Crippen MR) is 361 cm³/mol. The molecule has 0 bridgehead atoms. The molecule has 0 unspecified atom stereocenters. The van der Waals surface area contributed by atoms with E-state index in [0.29, 0.717) is 39.6 Å². The normalized spacial score (nSPS) is 12.6. The van der Waals surface area contributed by atoms with Gasteiger partial charge in [-0.15, -0.1) is 0 Å². The van der Waals surface area contributed by atoms with Crippen LogP contribution in [-0.2, 0) is 0 Å². The third-order valence-electron chi connectivity index (χ3n) is 19.0. The van der Waals surface area contributed by atoms with E-state index >= 15 is 0 Å². The Kier molecular flexibility index (Phi) is 16.9. The van der Waals surface area contributed by atoms with Gasteiger partial charge in [0, 0.05) is 0 Å². The Hall–Kier alpha value is -6.66. The van der Waals surface area contributed by atoms with Gasteiger partial charge in [-0.05, 0) is 241 Å². The van der Waals surface area contributed by atoms with E-state index in [1.807, 2.05) is 0 Å². The molecule has 0 aromatic heterocycles. The Morgan fingerprint density at radius 3 is 0.417 bits per heavy atom. The third-order valence-corrected chi connectivity index (χ3v) is 19.0. The van der Waals surface area contributed by atoms with Crippen molar-refractivity contribution >= 4 is 129 Å². The first kappa shape index (κ1) is 56.5. The van der Waals surface area contributed by atoms with Gasteiger partial charge in [-0.2, -0.15) is 0 Å². The van der Waals surface area contributed by atoms with Crippen LogP contribution in [-0.4, -0.2) is 39.6 Å². The zero-order chi connectivity index (χ0) is 57.3. The molecule has 0 aliphatic heterocycles. The number of hydrogen-bond donors (Lipinski definition) is 0. The summed E-state index contributed by atoms with van der Waals surface area (Å²) in [5, 5.41) is 30.5. The topological polar surface area (TPSA) is 55.4 Å². The minimum atomic E-state index is 0.678. The fourth-order valence-corrected chi connectivity index (χ4v) is 14.9. The molecule has 0 saturated heterocycles. The molecule has 13 aromatic carbocycles. The molecule has 13 rings (SSSR count). The van der Waals surface area contributed by atoms with Crippen LogP contribution in [0.25, 0.3) is 129 Å². The average molecular weight is 1120 g/mol. The molecular weight excluding hydrogens is 1030 g/mol. The van der Waals surface area contributed by atoms with Crippen molar-refractivity contribution in [1.82, 2.24) is 0 Å². The Morgan fingerprint density at radius 2 is 0.298 bits per heavy atom. The van der Waals surface area contributed by atoms with Crippen molar-refractivity contribution in [1.29, 1.82) is 0 Å². The minimum absolute atomic E-state index is 0.678. The Balaban J connectivity index is 1.21. The van der Waals surface area contributed by atoms with Gasteiger partial charge in [0.25, 0.3) is 0 Å². The van der Waals surface area contributed by atoms with Crippen molar-refractivity contribution in [3.05, 3.63) is 72.8 Å². The molecular formula is C78H90O6. The molecule has 0 saturated carbocycles. The summed E-state index contributed by atoms with van der Waals surface area (Å²) >= 11 is 0. The molecule has 0 aliphatic carbocycles. The summed E-state index contributed by atoms with van der Waals surface area (Å²) in [6, 6.07) is 28.7. The maximum Gasteiger partial charge on any atom is 0.120 e. The third kappa shape index (κ3) is 10.1. The lowest BCUT2D eigenvalue weighted by Gasteiger charge is -2.30. The zero-order valence-electron chi connectivity index (χ0n) is 51.6. The Bertz CT molecular complexity index is 3390. The van der Waals surface area contributed by atoms with Crippen LogP contribution >= 0.6 is 0 Å². The lowest BCUT2D eigenvalue weighted by molar-refractivity contribution is 0.305. The molecule has 13 aromatic rings. The van der Waals surface area contributed by atoms with Crippen LogP contribution in [0.4, 0.5) is 0 Å². The monoisotopic (exact) mass is 1120 g/mol. The molecule has 6 nitrogen and oxygen atoms in total. The number of benzene rings is 13. The van der Waals surface area contributed by atoms with Crippen molar-refractivity contribution in [2.24, 2.45) is 0 Å². The van der Waals surface area contributed by atoms with Crippen LogP contribution < -0.4 is 28.4 Å². The summed E-state index contributed by atoms with van der Waals surface area (Å²) in [6.07, 6.45) is 27.5. The van der Waals surface area contributed by atoms with E-state index in [9.17, 15) is 0 Å². The highest BCUT2D eigenvalue weighted by Gasteiger charge is 2.33. The van der Waals surface area contributed by atoms with Crippen molar-refractivity contribution in [3.63, 3.8) is 0 Å². The highest BCUT2D eigenvalue weighted by atomic mass is 16.5. The van der Waals surface area contributed by atoms with E-state index in [4.69, 9.17) is 28.4 Å². The number of hydrogen-bond acceptors (Lipinski definition) is 6. The van der Waals surface area contributed by atoms with Gasteiger partial charge in [-0.3, -0.25) is 0 Å². The summed E-state index contributed by atoms with van der Waals surface area (Å²) < 4.78 is 42.0. The Morgan fingerprint density at radius 1 is 0.167 bits per heavy atom. The molecule has 0 amide bonds. The van der Waals surface area contributed by atoms with E-state index < -0.39 is 0 Å². The molecule has 0 aliphatic rings. The highest BCUT2D eigenvalue weighted by molar-refractivity contribution is 6.61. The van der Waals surface area contributed by atoms with Gasteiger partial charge in [0.1, 0.15) is 34.5 Å². The second kappa shape index (κ2) is 25.1. The highest BCUT2D eigenvalue weighted by Crippen LogP contribution is 2.62. The zero-order valence-corrected chi connectivity index (χ0v) is 51.6. The number of rotatable bonds is 36. The Labute approximate surface area is 497 Å². The molecule has 84 heavy (non-hydrogen) atoms. The van der Waals surface area contributed by atoms with E-state index in [-0.39, 0.29) is 0 Å². The lowest BCUT2D eigenvalue weighted by Crippen LogP contribution is -2.04. The number of unbranched alkanes of at least 4 members (excludes halogenated alkanes) is 18. The van der Waals surface area contributed by atoms with Crippen molar-refractivity contribution in [3.8, 4) is 34.5 Å². The molecule has 0 atom stereocenters. The first-order valence-electron chi connectivity index (χ1n) is 33.6. The van der Waals surface area contributed by atoms with Crippen LogP contribution in [0.15, 0.2) is 72.8 Å². The first-order valence-corrected chi connectivity index (χ1v) is 33.6. The molecule has 0 N–H and O–H groups in total. The predicted octanol–water partition coefficient (Wildman–Crippen LogP) is 23.9. The van der Waals surface area contributed by atoms with Crippen LogP contribution in [0.1, 0.15) is 196 Å². The quantitative estimate of drug-likeness (QED) is 0.0222. The van der Waals surface area contributed by atoms with E-state index in [0.717, 1.165) is 112 Å². The van der Waals surface area contributed by atoms with Crippen molar-refractivity contribution in [2.75, 3.05) is 39.6 Å². The first-order chi connectivity index (χ1) is 41.5. The molecule has 438 valence electrons. The summed E-state index contributed by atoms with van der Waals surface area (Å²) in [5.74, 6) is 5.51. The molecule has 0 radical (unpaired) electrons. The van der Waals surface area contributed by atoms with Gasteiger partial charge in [-0.1, -0.05) is 157 Å². The number of ether oxygens (including phenoxy) is 6. The van der Waals surface area contributed by atoms with Crippen LogP contribution in [0.2, 0.25) is 0 Å². The van der Waals surface area contributed by atoms with Gasteiger partial charge in [-0.25, -0.2) is 0 Å². The average Bonchev–Trinajstić information content (AvgIpc) is 0.666. The van der Waals surface area contributed by atoms with Crippen LogP contribution in [0.3, 0.4) is 0 Å².